The van der Waals surface area contributed by atoms with Gasteiger partial charge in [0.25, 0.3) is 0 Å². The fraction of sp³-hybridized carbons (Fsp3) is 0.0833. The van der Waals surface area contributed by atoms with Crippen LogP contribution in [0.3, 0.4) is 0 Å². The minimum atomic E-state index is -1.19. The summed E-state index contributed by atoms with van der Waals surface area (Å²) in [6, 6.07) is 2.60. The first-order valence-corrected chi connectivity index (χ1v) is 5.42. The molecule has 1 heterocycles. The molecule has 0 unspecified atom stereocenters. The van der Waals surface area contributed by atoms with Gasteiger partial charge in [-0.1, -0.05) is 0 Å². The zero-order valence-corrected chi connectivity index (χ0v) is 10.3. The molecule has 104 valence electrons. The van der Waals surface area contributed by atoms with Crippen molar-refractivity contribution >= 4 is 11.4 Å². The minimum Gasteiger partial charge on any atom is -0.436 e. The summed E-state index contributed by atoms with van der Waals surface area (Å²) < 4.78 is 32.2. The van der Waals surface area contributed by atoms with Crippen LogP contribution in [0.25, 0.3) is 0 Å². The highest BCUT2D eigenvalue weighted by atomic mass is 19.1. The Balaban J connectivity index is 2.39. The van der Waals surface area contributed by atoms with Gasteiger partial charge in [0.2, 0.25) is 11.7 Å². The van der Waals surface area contributed by atoms with Crippen molar-refractivity contribution in [1.29, 1.82) is 0 Å². The number of nitrogen functional groups attached to an aromatic ring is 1. The van der Waals surface area contributed by atoms with Gasteiger partial charge in [-0.15, -0.1) is 0 Å². The third-order valence-corrected chi connectivity index (χ3v) is 2.46. The maximum atomic E-state index is 13.6. The summed E-state index contributed by atoms with van der Waals surface area (Å²) in [6.45, 7) is 1.62. The van der Waals surface area contributed by atoms with Crippen LogP contribution in [-0.2, 0) is 0 Å². The molecular formula is C12H9F2N3O3. The monoisotopic (exact) mass is 281 g/mol. The lowest BCUT2D eigenvalue weighted by atomic mass is 10.2. The predicted octanol–water partition coefficient (Wildman–Crippen LogP) is 2.95. The van der Waals surface area contributed by atoms with Crippen molar-refractivity contribution in [2.24, 2.45) is 0 Å². The number of hydrogen-bond acceptors (Lipinski definition) is 5. The second kappa shape index (κ2) is 5.08. The van der Waals surface area contributed by atoms with Crippen molar-refractivity contribution in [3.63, 3.8) is 0 Å². The first-order chi connectivity index (χ1) is 9.38. The lowest BCUT2D eigenvalue weighted by Gasteiger charge is -2.08. The van der Waals surface area contributed by atoms with E-state index in [0.29, 0.717) is 23.4 Å². The molecule has 1 aromatic carbocycles. The average molecular weight is 281 g/mol. The number of pyridine rings is 1. The molecule has 0 atom stereocenters. The lowest BCUT2D eigenvalue weighted by molar-refractivity contribution is -0.387. The average Bonchev–Trinajstić information content (AvgIpc) is 2.36. The molecule has 20 heavy (non-hydrogen) atoms. The third kappa shape index (κ3) is 2.63. The molecule has 0 spiro atoms. The van der Waals surface area contributed by atoms with Gasteiger partial charge in [0.05, 0.1) is 22.9 Å². The minimum absolute atomic E-state index is 0.0337. The molecule has 0 fully saturated rings. The number of aromatic nitrogens is 1. The van der Waals surface area contributed by atoms with Gasteiger partial charge in [-0.3, -0.25) is 10.1 Å². The summed E-state index contributed by atoms with van der Waals surface area (Å²) in [7, 11) is 0. The van der Waals surface area contributed by atoms with Gasteiger partial charge < -0.3 is 10.5 Å². The van der Waals surface area contributed by atoms with Crippen molar-refractivity contribution in [1.82, 2.24) is 4.98 Å². The zero-order chi connectivity index (χ0) is 14.9. The second-order valence-electron chi connectivity index (χ2n) is 3.98. The first kappa shape index (κ1) is 13.7. The van der Waals surface area contributed by atoms with Crippen LogP contribution < -0.4 is 10.5 Å². The number of anilines is 1. The van der Waals surface area contributed by atoms with Crippen LogP contribution in [0.1, 0.15) is 5.56 Å². The number of nitro benzene ring substituents is 1. The highest BCUT2D eigenvalue weighted by Gasteiger charge is 2.20. The van der Waals surface area contributed by atoms with Crippen molar-refractivity contribution in [3.8, 4) is 11.6 Å². The molecule has 0 bridgehead atoms. The molecular weight excluding hydrogens is 272 g/mol. The van der Waals surface area contributed by atoms with Crippen LogP contribution >= 0.6 is 0 Å². The molecule has 0 radical (unpaired) electrons. The van der Waals surface area contributed by atoms with Gasteiger partial charge in [0.15, 0.2) is 11.6 Å². The van der Waals surface area contributed by atoms with E-state index in [4.69, 9.17) is 10.5 Å². The molecule has 6 nitrogen and oxygen atoms in total. The fourth-order valence-corrected chi connectivity index (χ4v) is 1.53. The van der Waals surface area contributed by atoms with E-state index in [-0.39, 0.29) is 5.88 Å². The number of aryl methyl sites for hydroxylation is 1. The molecule has 2 aromatic rings. The van der Waals surface area contributed by atoms with E-state index in [1.807, 2.05) is 0 Å². The number of rotatable bonds is 3. The van der Waals surface area contributed by atoms with Crippen LogP contribution in [0.5, 0.6) is 11.6 Å². The Morgan fingerprint density at radius 2 is 2.00 bits per heavy atom. The molecule has 2 N–H and O–H groups in total. The molecule has 1 aromatic heterocycles. The number of nitrogens with two attached hydrogens (primary N) is 1. The van der Waals surface area contributed by atoms with Crippen molar-refractivity contribution in [2.45, 2.75) is 6.92 Å². The molecule has 0 aliphatic rings. The van der Waals surface area contributed by atoms with Crippen LogP contribution in [0, 0.1) is 28.7 Å². The highest BCUT2D eigenvalue weighted by Crippen LogP contribution is 2.30. The lowest BCUT2D eigenvalue weighted by Crippen LogP contribution is -1.99. The standard InChI is InChI=1S/C12H9F2N3O3/c1-6-2-7(15)5-16-12(6)20-11-4-8(13)10(17(18)19)3-9(11)14/h2-5H,15H2,1H3. The quantitative estimate of drug-likeness (QED) is 0.689. The zero-order valence-electron chi connectivity index (χ0n) is 10.3. The number of nitro groups is 1. The van der Waals surface area contributed by atoms with Gasteiger partial charge in [-0.05, 0) is 13.0 Å². The van der Waals surface area contributed by atoms with E-state index < -0.39 is 28.0 Å². The van der Waals surface area contributed by atoms with Gasteiger partial charge in [-0.2, -0.15) is 4.39 Å². The third-order valence-electron chi connectivity index (χ3n) is 2.46. The fourth-order valence-electron chi connectivity index (χ4n) is 1.53. The van der Waals surface area contributed by atoms with Crippen molar-refractivity contribution in [2.75, 3.05) is 5.73 Å². The number of benzene rings is 1. The Morgan fingerprint density at radius 3 is 2.60 bits per heavy atom. The van der Waals surface area contributed by atoms with Crippen molar-refractivity contribution in [3.05, 3.63) is 51.7 Å². The van der Waals surface area contributed by atoms with E-state index in [2.05, 4.69) is 4.98 Å². The van der Waals surface area contributed by atoms with Gasteiger partial charge in [0.1, 0.15) is 0 Å². The summed E-state index contributed by atoms with van der Waals surface area (Å²) in [6.07, 6.45) is 1.29. The summed E-state index contributed by atoms with van der Waals surface area (Å²) in [4.78, 5) is 13.3. The van der Waals surface area contributed by atoms with E-state index >= 15 is 0 Å². The molecule has 0 aliphatic heterocycles. The Kier molecular flexibility index (Phi) is 3.47. The first-order valence-electron chi connectivity index (χ1n) is 5.42. The molecule has 0 amide bonds. The summed E-state index contributed by atoms with van der Waals surface area (Å²) in [5.41, 5.74) is 5.45. The predicted molar refractivity (Wildman–Crippen MR) is 66.5 cm³/mol. The second-order valence-corrected chi connectivity index (χ2v) is 3.98. The summed E-state index contributed by atoms with van der Waals surface area (Å²) in [5.74, 6) is -2.71. The van der Waals surface area contributed by atoms with Gasteiger partial charge in [0, 0.05) is 11.6 Å². The Morgan fingerprint density at radius 1 is 1.30 bits per heavy atom. The Hall–Kier alpha value is -2.77. The van der Waals surface area contributed by atoms with E-state index in [0.717, 1.165) is 0 Å². The smallest absolute Gasteiger partial charge is 0.307 e. The molecule has 0 saturated heterocycles. The van der Waals surface area contributed by atoms with Crippen LogP contribution in [0.4, 0.5) is 20.2 Å². The summed E-state index contributed by atoms with van der Waals surface area (Å²) in [5, 5.41) is 10.5. The van der Waals surface area contributed by atoms with Crippen LogP contribution in [-0.4, -0.2) is 9.91 Å². The number of nitrogens with zero attached hydrogens (tertiary/aromatic N) is 2. The Labute approximate surface area is 112 Å². The van der Waals surface area contributed by atoms with Crippen molar-refractivity contribution < 1.29 is 18.4 Å². The topological polar surface area (TPSA) is 91.3 Å². The largest absolute Gasteiger partial charge is 0.436 e. The number of halogens is 2. The molecule has 8 heteroatoms. The van der Waals surface area contributed by atoms with E-state index in [9.17, 15) is 18.9 Å². The van der Waals surface area contributed by atoms with Crippen LogP contribution in [0.15, 0.2) is 24.4 Å². The highest BCUT2D eigenvalue weighted by molar-refractivity contribution is 5.45. The molecule has 0 saturated carbocycles. The van der Waals surface area contributed by atoms with Gasteiger partial charge in [-0.25, -0.2) is 9.37 Å². The number of hydrogen-bond donors (Lipinski definition) is 1. The summed E-state index contributed by atoms with van der Waals surface area (Å²) >= 11 is 0. The maximum absolute atomic E-state index is 13.6. The Bertz CT molecular complexity index is 692. The normalized spacial score (nSPS) is 10.3. The maximum Gasteiger partial charge on any atom is 0.307 e. The SMILES string of the molecule is Cc1cc(N)cnc1Oc1cc(F)c([N+](=O)[O-])cc1F. The molecule has 2 rings (SSSR count). The van der Waals surface area contributed by atoms with E-state index in [1.165, 1.54) is 6.20 Å². The number of ether oxygens (including phenoxy) is 1. The van der Waals surface area contributed by atoms with E-state index in [1.54, 1.807) is 13.0 Å². The van der Waals surface area contributed by atoms with Gasteiger partial charge >= 0.3 is 5.69 Å². The molecule has 0 aliphatic carbocycles. The van der Waals surface area contributed by atoms with Crippen LogP contribution in [0.2, 0.25) is 0 Å².